The van der Waals surface area contributed by atoms with Gasteiger partial charge in [-0.3, -0.25) is 0 Å². The Balaban J connectivity index is 2.10. The minimum absolute atomic E-state index is 0.800. The normalized spacial score (nSPS) is 18.8. The molecular weight excluding hydrogens is 155 g/mol. The fourth-order valence-corrected chi connectivity index (χ4v) is 2.20. The van der Waals surface area contributed by atoms with Crippen LogP contribution in [-0.4, -0.2) is 7.85 Å². The Morgan fingerprint density at radius 1 is 0.923 bits per heavy atom. The van der Waals surface area contributed by atoms with Gasteiger partial charge >= 0.3 is 0 Å². The molecule has 0 spiro atoms. The fraction of sp³-hybridized carbons (Fsp3) is 0.500. The van der Waals surface area contributed by atoms with Gasteiger partial charge in [-0.1, -0.05) is 49.0 Å². The van der Waals surface area contributed by atoms with E-state index in [0.29, 0.717) is 0 Å². The third-order valence-electron chi connectivity index (χ3n) is 3.01. The van der Waals surface area contributed by atoms with Crippen LogP contribution in [0.1, 0.15) is 43.6 Å². The molecule has 13 heavy (non-hydrogen) atoms. The highest BCUT2D eigenvalue weighted by atomic mass is 14.2. The molecule has 1 aliphatic carbocycles. The summed E-state index contributed by atoms with van der Waals surface area (Å²) < 4.78 is 0. The maximum Gasteiger partial charge on any atom is 0.113 e. The summed E-state index contributed by atoms with van der Waals surface area (Å²) in [7, 11) is 5.66. The summed E-state index contributed by atoms with van der Waals surface area (Å²) in [6.07, 6.45) is 6.95. The Morgan fingerprint density at radius 3 is 2.15 bits per heavy atom. The average molecular weight is 170 g/mol. The maximum absolute atomic E-state index is 5.66. The monoisotopic (exact) mass is 170 g/mol. The molecule has 1 heteroatoms. The minimum Gasteiger partial charge on any atom is -0.0967 e. The van der Waals surface area contributed by atoms with Crippen LogP contribution in [0, 0.1) is 0 Å². The second-order valence-corrected chi connectivity index (χ2v) is 4.00. The minimum atomic E-state index is 0.800. The van der Waals surface area contributed by atoms with E-state index < -0.39 is 0 Å². The highest BCUT2D eigenvalue weighted by Gasteiger charge is 2.14. The number of rotatable bonds is 1. The molecule has 0 unspecified atom stereocenters. The van der Waals surface area contributed by atoms with Crippen molar-refractivity contribution >= 4 is 13.3 Å². The highest BCUT2D eigenvalue weighted by molar-refractivity contribution is 6.32. The van der Waals surface area contributed by atoms with Crippen molar-refractivity contribution in [3.8, 4) is 0 Å². The van der Waals surface area contributed by atoms with E-state index in [1.54, 1.807) is 0 Å². The quantitative estimate of drug-likeness (QED) is 0.568. The standard InChI is InChI=1S/C12H15B/c13-12-8-6-11(7-9-12)10-4-2-1-3-5-10/h6-10H,1-5H2. The molecule has 0 nitrogen and oxygen atoms in total. The van der Waals surface area contributed by atoms with E-state index in [2.05, 4.69) is 12.1 Å². The van der Waals surface area contributed by atoms with Crippen molar-refractivity contribution in [2.75, 3.05) is 0 Å². The maximum atomic E-state index is 5.66. The van der Waals surface area contributed by atoms with Crippen LogP contribution in [0.4, 0.5) is 0 Å². The highest BCUT2D eigenvalue weighted by Crippen LogP contribution is 2.31. The number of benzene rings is 1. The van der Waals surface area contributed by atoms with Crippen molar-refractivity contribution in [2.45, 2.75) is 38.0 Å². The zero-order valence-electron chi connectivity index (χ0n) is 8.00. The molecule has 0 amide bonds. The first-order valence-electron chi connectivity index (χ1n) is 5.22. The first kappa shape index (κ1) is 8.86. The van der Waals surface area contributed by atoms with Crippen molar-refractivity contribution in [1.82, 2.24) is 0 Å². The van der Waals surface area contributed by atoms with Gasteiger partial charge < -0.3 is 0 Å². The van der Waals surface area contributed by atoms with Crippen LogP contribution in [0.25, 0.3) is 0 Å². The molecule has 0 heterocycles. The third kappa shape index (κ3) is 2.15. The van der Waals surface area contributed by atoms with Gasteiger partial charge in [0.1, 0.15) is 7.85 Å². The Morgan fingerprint density at radius 2 is 1.54 bits per heavy atom. The molecule has 1 saturated carbocycles. The topological polar surface area (TPSA) is 0 Å². The summed E-state index contributed by atoms with van der Waals surface area (Å²) in [4.78, 5) is 0. The summed E-state index contributed by atoms with van der Waals surface area (Å²) in [6.45, 7) is 0. The lowest BCUT2D eigenvalue weighted by atomic mass is 9.83. The molecule has 0 aromatic heterocycles. The summed E-state index contributed by atoms with van der Waals surface area (Å²) in [6, 6.07) is 8.41. The Kier molecular flexibility index (Phi) is 2.72. The second-order valence-electron chi connectivity index (χ2n) is 4.00. The van der Waals surface area contributed by atoms with Gasteiger partial charge in [0, 0.05) is 0 Å². The van der Waals surface area contributed by atoms with Crippen molar-refractivity contribution in [2.24, 2.45) is 0 Å². The Hall–Kier alpha value is -0.715. The molecule has 0 atom stereocenters. The fourth-order valence-electron chi connectivity index (χ4n) is 2.20. The van der Waals surface area contributed by atoms with E-state index in [9.17, 15) is 0 Å². The molecule has 2 radical (unpaired) electrons. The zero-order chi connectivity index (χ0) is 9.10. The van der Waals surface area contributed by atoms with Gasteiger partial charge in [0.15, 0.2) is 0 Å². The van der Waals surface area contributed by atoms with Crippen LogP contribution in [0.3, 0.4) is 0 Å². The third-order valence-corrected chi connectivity index (χ3v) is 3.01. The van der Waals surface area contributed by atoms with Gasteiger partial charge in [-0.2, -0.15) is 0 Å². The Bertz CT molecular complexity index is 257. The van der Waals surface area contributed by atoms with Crippen LogP contribution in [0.15, 0.2) is 24.3 Å². The zero-order valence-corrected chi connectivity index (χ0v) is 8.00. The molecular formula is C12H15B. The largest absolute Gasteiger partial charge is 0.113 e. The van der Waals surface area contributed by atoms with Crippen LogP contribution in [0.2, 0.25) is 0 Å². The van der Waals surface area contributed by atoms with Gasteiger partial charge in [-0.05, 0) is 24.3 Å². The van der Waals surface area contributed by atoms with Gasteiger partial charge in [0.05, 0.1) is 0 Å². The molecule has 0 N–H and O–H groups in total. The first-order chi connectivity index (χ1) is 6.36. The van der Waals surface area contributed by atoms with Crippen LogP contribution in [-0.2, 0) is 0 Å². The van der Waals surface area contributed by atoms with Gasteiger partial charge in [-0.25, -0.2) is 0 Å². The van der Waals surface area contributed by atoms with Crippen LogP contribution >= 0.6 is 0 Å². The summed E-state index contributed by atoms with van der Waals surface area (Å²) in [5.41, 5.74) is 2.36. The van der Waals surface area contributed by atoms with Crippen molar-refractivity contribution in [1.29, 1.82) is 0 Å². The number of hydrogen-bond donors (Lipinski definition) is 0. The average Bonchev–Trinajstić information content (AvgIpc) is 2.20. The van der Waals surface area contributed by atoms with Crippen LogP contribution < -0.4 is 5.46 Å². The van der Waals surface area contributed by atoms with Crippen molar-refractivity contribution in [3.05, 3.63) is 29.8 Å². The second kappa shape index (κ2) is 4.00. The SMILES string of the molecule is [B]c1ccc(C2CCCCC2)cc1. The molecule has 1 aromatic carbocycles. The predicted octanol–water partition coefficient (Wildman–Crippen LogP) is 2.53. The van der Waals surface area contributed by atoms with Gasteiger partial charge in [-0.15, -0.1) is 0 Å². The van der Waals surface area contributed by atoms with E-state index in [1.807, 2.05) is 12.1 Å². The van der Waals surface area contributed by atoms with E-state index in [0.717, 1.165) is 11.4 Å². The molecule has 0 saturated heterocycles. The molecule has 0 bridgehead atoms. The van der Waals surface area contributed by atoms with E-state index in [1.165, 1.54) is 37.7 Å². The van der Waals surface area contributed by atoms with Crippen molar-refractivity contribution in [3.63, 3.8) is 0 Å². The molecule has 2 rings (SSSR count). The molecule has 1 fully saturated rings. The lowest BCUT2D eigenvalue weighted by molar-refractivity contribution is 0.443. The molecule has 0 aliphatic heterocycles. The summed E-state index contributed by atoms with van der Waals surface area (Å²) in [5.74, 6) is 0.800. The van der Waals surface area contributed by atoms with Gasteiger partial charge in [0.2, 0.25) is 0 Å². The number of hydrogen-bond acceptors (Lipinski definition) is 0. The van der Waals surface area contributed by atoms with E-state index in [4.69, 9.17) is 7.85 Å². The summed E-state index contributed by atoms with van der Waals surface area (Å²) in [5, 5.41) is 0. The van der Waals surface area contributed by atoms with E-state index in [-0.39, 0.29) is 0 Å². The van der Waals surface area contributed by atoms with Crippen LogP contribution in [0.5, 0.6) is 0 Å². The lowest BCUT2D eigenvalue weighted by Crippen LogP contribution is -2.07. The first-order valence-corrected chi connectivity index (χ1v) is 5.22. The molecule has 1 aliphatic rings. The predicted molar refractivity (Wildman–Crippen MR) is 57.7 cm³/mol. The molecule has 1 aromatic rings. The summed E-state index contributed by atoms with van der Waals surface area (Å²) >= 11 is 0. The van der Waals surface area contributed by atoms with Crippen molar-refractivity contribution < 1.29 is 0 Å². The Labute approximate surface area is 81.8 Å². The van der Waals surface area contributed by atoms with E-state index >= 15 is 0 Å². The smallest absolute Gasteiger partial charge is 0.0967 e. The molecule has 66 valence electrons. The lowest BCUT2D eigenvalue weighted by Gasteiger charge is -2.21. The van der Waals surface area contributed by atoms with Gasteiger partial charge in [0.25, 0.3) is 0 Å².